The average Bonchev–Trinajstić information content (AvgIpc) is 1.87. The van der Waals surface area contributed by atoms with Crippen LogP contribution in [0.3, 0.4) is 0 Å². The molecule has 0 fully saturated rings. The van der Waals surface area contributed by atoms with Gasteiger partial charge in [-0.1, -0.05) is 0 Å². The van der Waals surface area contributed by atoms with E-state index in [4.69, 9.17) is 0 Å². The van der Waals surface area contributed by atoms with Crippen LogP contribution in [0.15, 0.2) is 0 Å². The van der Waals surface area contributed by atoms with Crippen LogP contribution in [0.25, 0.3) is 0 Å². The monoisotopic (exact) mass is 283 g/mol. The van der Waals surface area contributed by atoms with E-state index in [1.54, 1.807) is 0 Å². The van der Waals surface area contributed by atoms with Crippen molar-refractivity contribution in [3.63, 3.8) is 0 Å². The van der Waals surface area contributed by atoms with E-state index in [2.05, 4.69) is 0 Å². The Bertz CT molecular complexity index is 102. The fourth-order valence-electron chi connectivity index (χ4n) is 0.0417. The number of rotatable bonds is 3. The highest BCUT2D eigenvalue weighted by molar-refractivity contribution is 14.1. The van der Waals surface area contributed by atoms with Crippen LogP contribution in [0.1, 0.15) is 0 Å². The first-order chi connectivity index (χ1) is 3.68. The summed E-state index contributed by atoms with van der Waals surface area (Å²) in [4.78, 5) is 0. The molecule has 0 saturated carbocycles. The molecule has 0 spiro atoms. The van der Waals surface area contributed by atoms with E-state index in [0.29, 0.717) is 0 Å². The van der Waals surface area contributed by atoms with Crippen LogP contribution in [-0.4, -0.2) is 1.42 Å². The van der Waals surface area contributed by atoms with Gasteiger partial charge in [0.25, 0.3) is 0 Å². The zero-order valence-corrected chi connectivity index (χ0v) is 7.93. The Morgan fingerprint density at radius 3 is 1.25 bits per heavy atom. The molecule has 0 N–H and O–H groups in total. The molecule has 0 amide bonds. The van der Waals surface area contributed by atoms with Gasteiger partial charge in [-0.3, -0.25) is 0 Å². The van der Waals surface area contributed by atoms with E-state index < -0.39 is 1.42 Å². The van der Waals surface area contributed by atoms with Crippen molar-refractivity contribution in [2.45, 2.75) is 1.42 Å². The van der Waals surface area contributed by atoms with Crippen LogP contribution in [0, 0.1) is 0 Å². The second kappa shape index (κ2) is 3.75. The SMILES string of the molecule is O=[S+]C(I)([S+]=O)[S+]=O. The molecule has 0 radical (unpaired) electrons. The highest BCUT2D eigenvalue weighted by Gasteiger charge is 2.74. The Kier molecular flexibility index (Phi) is 4.12. The van der Waals surface area contributed by atoms with E-state index in [1.807, 2.05) is 0 Å². The first kappa shape index (κ1) is 8.79. The van der Waals surface area contributed by atoms with Crippen LogP contribution >= 0.6 is 22.6 Å². The molecule has 0 aromatic carbocycles. The van der Waals surface area contributed by atoms with Crippen molar-refractivity contribution < 1.29 is 12.6 Å². The normalized spacial score (nSPS) is 10.1. The highest BCUT2D eigenvalue weighted by atomic mass is 127. The van der Waals surface area contributed by atoms with Crippen molar-refractivity contribution in [2.24, 2.45) is 0 Å². The third-order valence-corrected chi connectivity index (χ3v) is 3.74. The van der Waals surface area contributed by atoms with Gasteiger partial charge in [-0.2, -0.15) is 0 Å². The zero-order valence-electron chi connectivity index (χ0n) is 3.33. The van der Waals surface area contributed by atoms with Gasteiger partial charge in [0.2, 0.25) is 0 Å². The molecule has 0 aliphatic heterocycles. The molecule has 0 rings (SSSR count). The standard InChI is InChI=1S/CIO3S3/c2-1(6-3,7-4)8-5/q+3. The van der Waals surface area contributed by atoms with Crippen LogP contribution in [0.2, 0.25) is 0 Å². The molecule has 0 aromatic rings. The molecule has 0 atom stereocenters. The van der Waals surface area contributed by atoms with E-state index in [9.17, 15) is 12.6 Å². The lowest BCUT2D eigenvalue weighted by Crippen LogP contribution is -2.13. The Balaban J connectivity index is 4.18. The van der Waals surface area contributed by atoms with E-state index >= 15 is 0 Å². The maximum Gasteiger partial charge on any atom is 0.787 e. The van der Waals surface area contributed by atoms with Crippen molar-refractivity contribution in [3.8, 4) is 0 Å². The fraction of sp³-hybridized carbons (Fsp3) is 1.00. The van der Waals surface area contributed by atoms with Gasteiger partial charge in [-0.05, 0) is 0 Å². The lowest BCUT2D eigenvalue weighted by molar-refractivity contribution is 0.594. The van der Waals surface area contributed by atoms with Gasteiger partial charge in [0.05, 0.1) is 12.6 Å². The molecule has 0 saturated heterocycles. The van der Waals surface area contributed by atoms with E-state index in [1.165, 1.54) is 22.6 Å². The lowest BCUT2D eigenvalue weighted by Gasteiger charge is -1.49. The van der Waals surface area contributed by atoms with Gasteiger partial charge >= 0.3 is 36.4 Å². The summed E-state index contributed by atoms with van der Waals surface area (Å²) in [5, 5.41) is 0. The van der Waals surface area contributed by atoms with Crippen LogP contribution in [0.5, 0.6) is 0 Å². The zero-order chi connectivity index (χ0) is 6.62. The Labute approximate surface area is 71.2 Å². The van der Waals surface area contributed by atoms with Crippen LogP contribution in [0.4, 0.5) is 0 Å². The summed E-state index contributed by atoms with van der Waals surface area (Å²) in [5.74, 6) is 0. The minimum Gasteiger partial charge on any atom is 0.0522 e. The predicted molar refractivity (Wildman–Crippen MR) is 40.9 cm³/mol. The third-order valence-electron chi connectivity index (χ3n) is 0.299. The molecule has 0 bridgehead atoms. The molecule has 0 aliphatic rings. The van der Waals surface area contributed by atoms with Gasteiger partial charge in [0.1, 0.15) is 0 Å². The minimum absolute atomic E-state index is 0.00981. The summed E-state index contributed by atoms with van der Waals surface area (Å²) >= 11 is 1.55. The summed E-state index contributed by atoms with van der Waals surface area (Å²) < 4.78 is 28.3. The number of hydrogen-bond acceptors (Lipinski definition) is 3. The minimum atomic E-state index is -1.32. The maximum absolute atomic E-state index is 9.88. The Hall–Kier alpha value is 0.790. The molecular formula is CIO3S3+3. The van der Waals surface area contributed by atoms with Crippen molar-refractivity contribution in [1.82, 2.24) is 0 Å². The Morgan fingerprint density at radius 2 is 1.25 bits per heavy atom. The van der Waals surface area contributed by atoms with Gasteiger partial charge in [-0.25, -0.2) is 0 Å². The lowest BCUT2D eigenvalue weighted by atomic mass is 11.9. The summed E-state index contributed by atoms with van der Waals surface area (Å²) in [6.45, 7) is 0. The summed E-state index contributed by atoms with van der Waals surface area (Å²) in [5.41, 5.74) is 0. The summed E-state index contributed by atoms with van der Waals surface area (Å²) in [6.07, 6.45) is 0. The predicted octanol–water partition coefficient (Wildman–Crippen LogP) is 0.317. The largest absolute Gasteiger partial charge is 0.787 e. The van der Waals surface area contributed by atoms with Gasteiger partial charge in [-0.15, -0.1) is 0 Å². The van der Waals surface area contributed by atoms with Crippen molar-refractivity contribution >= 4 is 57.6 Å². The quantitative estimate of drug-likeness (QED) is 0.324. The van der Waals surface area contributed by atoms with Gasteiger partial charge in [0.15, 0.2) is 22.6 Å². The number of hydrogen-bond donors (Lipinski definition) is 0. The highest BCUT2D eigenvalue weighted by Crippen LogP contribution is 2.15. The first-order valence-electron chi connectivity index (χ1n) is 1.30. The smallest absolute Gasteiger partial charge is 0.0522 e. The second-order valence-corrected chi connectivity index (χ2v) is 7.66. The summed E-state index contributed by atoms with van der Waals surface area (Å²) in [7, 11) is 0. The van der Waals surface area contributed by atoms with Gasteiger partial charge in [0, 0.05) is 0 Å². The van der Waals surface area contributed by atoms with Crippen molar-refractivity contribution in [1.29, 1.82) is 0 Å². The van der Waals surface area contributed by atoms with Crippen LogP contribution < -0.4 is 0 Å². The third kappa shape index (κ3) is 2.37. The fourth-order valence-corrected chi connectivity index (χ4v) is 0.375. The van der Waals surface area contributed by atoms with Crippen LogP contribution in [-0.2, 0) is 47.6 Å². The number of halogens is 1. The van der Waals surface area contributed by atoms with Crippen molar-refractivity contribution in [2.75, 3.05) is 0 Å². The second-order valence-electron chi connectivity index (χ2n) is 0.731. The molecule has 3 nitrogen and oxygen atoms in total. The van der Waals surface area contributed by atoms with Crippen molar-refractivity contribution in [3.05, 3.63) is 0 Å². The molecule has 0 aromatic heterocycles. The van der Waals surface area contributed by atoms with Gasteiger partial charge < -0.3 is 0 Å². The summed E-state index contributed by atoms with van der Waals surface area (Å²) in [6, 6.07) is 0. The molecule has 0 heterocycles. The Morgan fingerprint density at radius 1 is 1.00 bits per heavy atom. The number of alkyl halides is 1. The molecule has 0 unspecified atom stereocenters. The average molecular weight is 283 g/mol. The molecular weight excluding hydrogens is 283 g/mol. The molecule has 0 aliphatic carbocycles. The molecule has 8 heavy (non-hydrogen) atoms. The molecule has 44 valence electrons. The van der Waals surface area contributed by atoms with E-state index in [0.717, 1.165) is 0 Å². The topological polar surface area (TPSA) is 51.2 Å². The molecule has 7 heteroatoms. The maximum atomic E-state index is 9.88. The first-order valence-corrected chi connectivity index (χ1v) is 4.60. The van der Waals surface area contributed by atoms with E-state index in [-0.39, 0.29) is 35.0 Å².